The highest BCUT2D eigenvalue weighted by Gasteiger charge is 2.24. The van der Waals surface area contributed by atoms with E-state index >= 15 is 0 Å². The summed E-state index contributed by atoms with van der Waals surface area (Å²) in [5.41, 5.74) is 5.57. The molecule has 0 aromatic carbocycles. The Morgan fingerprint density at radius 2 is 1.71 bits per heavy atom. The Hall–Kier alpha value is -1.28. The van der Waals surface area contributed by atoms with Gasteiger partial charge in [0.15, 0.2) is 0 Å². The number of carbonyl (C=O) groups excluding carboxylic acids is 1. The molecule has 1 amide bonds. The number of carboxylic acid groups (broad SMARTS) is 2. The topological polar surface area (TPSA) is 121 Å². The second kappa shape index (κ2) is 7.91. The quantitative estimate of drug-likeness (QED) is 0.517. The molecule has 17 heavy (non-hydrogen) atoms. The molecule has 98 valence electrons. The summed E-state index contributed by atoms with van der Waals surface area (Å²) in [4.78, 5) is 33.4. The van der Waals surface area contributed by atoms with Gasteiger partial charge in [0.25, 0.3) is 0 Å². The van der Waals surface area contributed by atoms with Crippen molar-refractivity contribution >= 4 is 29.6 Å². The number of thioether (sulfide) groups is 1. The Balaban J connectivity index is 4.49. The van der Waals surface area contributed by atoms with Crippen LogP contribution >= 0.6 is 11.8 Å². The van der Waals surface area contributed by atoms with E-state index in [1.165, 1.54) is 11.8 Å². The Morgan fingerprint density at radius 3 is 2.06 bits per heavy atom. The Kier molecular flexibility index (Phi) is 7.31. The zero-order valence-corrected chi connectivity index (χ0v) is 10.3. The van der Waals surface area contributed by atoms with Crippen molar-refractivity contribution in [1.82, 2.24) is 4.90 Å². The van der Waals surface area contributed by atoms with E-state index in [1.54, 1.807) is 0 Å². The molecular weight excluding hydrogens is 248 g/mol. The number of hydrogen-bond donors (Lipinski definition) is 3. The minimum absolute atomic E-state index is 0.385. The maximum atomic E-state index is 11.7. The minimum Gasteiger partial charge on any atom is -0.480 e. The van der Waals surface area contributed by atoms with Crippen LogP contribution in [-0.4, -0.2) is 64.1 Å². The van der Waals surface area contributed by atoms with Crippen molar-refractivity contribution in [3.8, 4) is 0 Å². The predicted molar refractivity (Wildman–Crippen MR) is 62.8 cm³/mol. The van der Waals surface area contributed by atoms with E-state index in [0.717, 1.165) is 4.90 Å². The monoisotopic (exact) mass is 264 g/mol. The maximum Gasteiger partial charge on any atom is 0.323 e. The molecule has 0 bridgehead atoms. The third kappa shape index (κ3) is 6.80. The zero-order chi connectivity index (χ0) is 13.4. The summed E-state index contributed by atoms with van der Waals surface area (Å²) in [5.74, 6) is -2.53. The highest BCUT2D eigenvalue weighted by atomic mass is 32.2. The van der Waals surface area contributed by atoms with Gasteiger partial charge in [-0.25, -0.2) is 0 Å². The summed E-state index contributed by atoms with van der Waals surface area (Å²) in [6.45, 7) is -1.31. The molecular formula is C9H16N2O5S. The van der Waals surface area contributed by atoms with Crippen LogP contribution in [0.2, 0.25) is 0 Å². The van der Waals surface area contributed by atoms with Gasteiger partial charge in [-0.3, -0.25) is 14.4 Å². The first-order valence-electron chi connectivity index (χ1n) is 4.85. The lowest BCUT2D eigenvalue weighted by atomic mass is 10.2. The van der Waals surface area contributed by atoms with Crippen LogP contribution in [0.25, 0.3) is 0 Å². The van der Waals surface area contributed by atoms with Gasteiger partial charge in [0.2, 0.25) is 5.91 Å². The van der Waals surface area contributed by atoms with E-state index in [-0.39, 0.29) is 0 Å². The van der Waals surface area contributed by atoms with E-state index in [2.05, 4.69) is 0 Å². The van der Waals surface area contributed by atoms with Crippen LogP contribution in [0.1, 0.15) is 6.42 Å². The van der Waals surface area contributed by atoms with Crippen LogP contribution in [0.15, 0.2) is 0 Å². The van der Waals surface area contributed by atoms with Crippen molar-refractivity contribution in [3.05, 3.63) is 0 Å². The summed E-state index contributed by atoms with van der Waals surface area (Å²) in [6.07, 6.45) is 2.24. The van der Waals surface area contributed by atoms with Crippen LogP contribution < -0.4 is 5.73 Å². The predicted octanol–water partition coefficient (Wildman–Crippen LogP) is -0.935. The molecule has 0 heterocycles. The number of rotatable bonds is 8. The standard InChI is InChI=1S/C9H16N2O5S/c1-17-3-2-6(10)9(16)11(4-7(12)13)5-8(14)15/h6H,2-5,10H2,1H3,(H,12,13)(H,14,15)/t6-/m1/s1. The SMILES string of the molecule is CSCC[C@@H](N)C(=O)N(CC(=O)O)CC(=O)O. The number of hydrogen-bond acceptors (Lipinski definition) is 5. The van der Waals surface area contributed by atoms with Crippen LogP contribution in [0.4, 0.5) is 0 Å². The fourth-order valence-corrected chi connectivity index (χ4v) is 1.63. The number of aliphatic carboxylic acids is 2. The van der Waals surface area contributed by atoms with Crippen molar-refractivity contribution in [1.29, 1.82) is 0 Å². The number of carbonyl (C=O) groups is 3. The molecule has 0 aliphatic rings. The molecule has 8 heteroatoms. The van der Waals surface area contributed by atoms with Crippen molar-refractivity contribution in [3.63, 3.8) is 0 Å². The molecule has 0 rings (SSSR count). The number of carboxylic acids is 2. The first-order valence-corrected chi connectivity index (χ1v) is 6.24. The van der Waals surface area contributed by atoms with Crippen LogP contribution in [0.3, 0.4) is 0 Å². The first kappa shape index (κ1) is 15.7. The smallest absolute Gasteiger partial charge is 0.323 e. The minimum atomic E-state index is -1.27. The third-order valence-electron chi connectivity index (χ3n) is 1.91. The molecule has 0 aromatic heterocycles. The molecule has 4 N–H and O–H groups in total. The van der Waals surface area contributed by atoms with Gasteiger partial charge in [0.05, 0.1) is 6.04 Å². The summed E-state index contributed by atoms with van der Waals surface area (Å²) in [6, 6.07) is -0.860. The Labute approximate surface area is 103 Å². The lowest BCUT2D eigenvalue weighted by molar-refractivity contribution is -0.149. The fraction of sp³-hybridized carbons (Fsp3) is 0.667. The van der Waals surface area contributed by atoms with Gasteiger partial charge < -0.3 is 20.8 Å². The summed E-state index contributed by atoms with van der Waals surface area (Å²) in [5, 5.41) is 17.1. The second-order valence-electron chi connectivity index (χ2n) is 3.37. The average Bonchev–Trinajstić information content (AvgIpc) is 2.22. The first-order chi connectivity index (χ1) is 7.88. The fourth-order valence-electron chi connectivity index (χ4n) is 1.14. The summed E-state index contributed by atoms with van der Waals surface area (Å²) < 4.78 is 0. The zero-order valence-electron chi connectivity index (χ0n) is 9.46. The number of amides is 1. The average molecular weight is 264 g/mol. The van der Waals surface area contributed by atoms with Crippen LogP contribution in [0.5, 0.6) is 0 Å². The molecule has 0 saturated heterocycles. The second-order valence-corrected chi connectivity index (χ2v) is 4.36. The van der Waals surface area contributed by atoms with E-state index in [4.69, 9.17) is 15.9 Å². The lowest BCUT2D eigenvalue weighted by Gasteiger charge is -2.22. The molecule has 0 spiro atoms. The molecule has 0 unspecified atom stereocenters. The van der Waals surface area contributed by atoms with Crippen LogP contribution in [0, 0.1) is 0 Å². The maximum absolute atomic E-state index is 11.7. The lowest BCUT2D eigenvalue weighted by Crippen LogP contribution is -2.48. The summed E-state index contributed by atoms with van der Waals surface area (Å²) >= 11 is 1.50. The van der Waals surface area contributed by atoms with Gasteiger partial charge in [-0.1, -0.05) is 0 Å². The van der Waals surface area contributed by atoms with Crippen molar-refractivity contribution < 1.29 is 24.6 Å². The van der Waals surface area contributed by atoms with E-state index in [0.29, 0.717) is 12.2 Å². The molecule has 0 aliphatic carbocycles. The van der Waals surface area contributed by atoms with Crippen molar-refractivity contribution in [2.45, 2.75) is 12.5 Å². The Morgan fingerprint density at radius 1 is 1.24 bits per heavy atom. The molecule has 0 fully saturated rings. The van der Waals surface area contributed by atoms with Gasteiger partial charge in [-0.2, -0.15) is 11.8 Å². The van der Waals surface area contributed by atoms with Gasteiger partial charge in [-0.05, 0) is 18.4 Å². The van der Waals surface area contributed by atoms with Gasteiger partial charge in [0, 0.05) is 0 Å². The highest BCUT2D eigenvalue weighted by molar-refractivity contribution is 7.98. The molecule has 1 atom stereocenters. The normalized spacial score (nSPS) is 11.9. The van der Waals surface area contributed by atoms with Gasteiger partial charge >= 0.3 is 11.9 Å². The molecule has 0 saturated carbocycles. The summed E-state index contributed by atoms with van der Waals surface area (Å²) in [7, 11) is 0. The van der Waals surface area contributed by atoms with Gasteiger partial charge in [0.1, 0.15) is 13.1 Å². The largest absolute Gasteiger partial charge is 0.480 e. The van der Waals surface area contributed by atoms with E-state index in [9.17, 15) is 14.4 Å². The number of nitrogens with two attached hydrogens (primary N) is 1. The molecule has 0 aliphatic heterocycles. The van der Waals surface area contributed by atoms with E-state index < -0.39 is 37.0 Å². The molecule has 0 radical (unpaired) electrons. The van der Waals surface area contributed by atoms with E-state index in [1.807, 2.05) is 6.26 Å². The molecule has 0 aromatic rings. The third-order valence-corrected chi connectivity index (χ3v) is 2.56. The van der Waals surface area contributed by atoms with Gasteiger partial charge in [-0.15, -0.1) is 0 Å². The number of nitrogens with zero attached hydrogens (tertiary/aromatic N) is 1. The van der Waals surface area contributed by atoms with Crippen molar-refractivity contribution in [2.24, 2.45) is 5.73 Å². The van der Waals surface area contributed by atoms with Crippen LogP contribution in [-0.2, 0) is 14.4 Å². The van der Waals surface area contributed by atoms with Crippen molar-refractivity contribution in [2.75, 3.05) is 25.1 Å². The Bertz CT molecular complexity index is 281. The highest BCUT2D eigenvalue weighted by Crippen LogP contribution is 2.02. The molecule has 7 nitrogen and oxygen atoms in total.